The van der Waals surface area contributed by atoms with E-state index in [2.05, 4.69) is 4.98 Å². The third kappa shape index (κ3) is 2.69. The zero-order chi connectivity index (χ0) is 14.9. The van der Waals surface area contributed by atoms with Crippen LogP contribution >= 0.6 is 0 Å². The average Bonchev–Trinajstić information content (AvgIpc) is 2.84. The number of aliphatic carboxylic acids is 1. The zero-order valence-electron chi connectivity index (χ0n) is 12.2. The largest absolute Gasteiger partial charge is 0.481 e. The highest BCUT2D eigenvalue weighted by atomic mass is 16.4. The Hall–Kier alpha value is -1.85. The summed E-state index contributed by atoms with van der Waals surface area (Å²) >= 11 is 0. The maximum atomic E-state index is 12.4. The molecule has 0 bridgehead atoms. The van der Waals surface area contributed by atoms with Crippen LogP contribution in [0.5, 0.6) is 0 Å². The summed E-state index contributed by atoms with van der Waals surface area (Å²) in [6.07, 6.45) is 4.95. The predicted molar refractivity (Wildman–Crippen MR) is 73.3 cm³/mol. The lowest BCUT2D eigenvalue weighted by Crippen LogP contribution is -2.46. The van der Waals surface area contributed by atoms with Gasteiger partial charge in [0.25, 0.3) is 5.91 Å². The molecular formula is C14H21N3O3. The number of hydrogen-bond donors (Lipinski definition) is 1. The van der Waals surface area contributed by atoms with Crippen molar-refractivity contribution in [3.8, 4) is 0 Å². The van der Waals surface area contributed by atoms with Crippen molar-refractivity contribution in [3.05, 3.63) is 18.2 Å². The Balaban J connectivity index is 2.11. The molecule has 1 fully saturated rings. The van der Waals surface area contributed by atoms with Gasteiger partial charge in [-0.05, 0) is 32.6 Å². The van der Waals surface area contributed by atoms with Crippen LogP contribution in [-0.4, -0.2) is 44.5 Å². The molecule has 2 heterocycles. The molecule has 0 spiro atoms. The van der Waals surface area contributed by atoms with E-state index in [0.717, 1.165) is 12.8 Å². The minimum atomic E-state index is -0.816. The van der Waals surface area contributed by atoms with Gasteiger partial charge in [-0.1, -0.05) is 0 Å². The highest BCUT2D eigenvalue weighted by molar-refractivity contribution is 5.92. The quantitative estimate of drug-likeness (QED) is 0.907. The first kappa shape index (κ1) is 14.6. The molecule has 0 radical (unpaired) electrons. The second-order valence-electron chi connectivity index (χ2n) is 6.04. The summed E-state index contributed by atoms with van der Waals surface area (Å²) in [4.78, 5) is 29.5. The van der Waals surface area contributed by atoms with Crippen LogP contribution in [-0.2, 0) is 11.8 Å². The predicted octanol–water partition coefficient (Wildman–Crippen LogP) is 1.38. The minimum absolute atomic E-state index is 0.0265. The van der Waals surface area contributed by atoms with Crippen LogP contribution in [0.4, 0.5) is 0 Å². The first-order valence-corrected chi connectivity index (χ1v) is 6.83. The maximum absolute atomic E-state index is 12.4. The molecule has 1 aromatic heterocycles. The van der Waals surface area contributed by atoms with Crippen molar-refractivity contribution in [2.24, 2.45) is 18.4 Å². The van der Waals surface area contributed by atoms with E-state index in [1.165, 1.54) is 0 Å². The number of carbonyl (C=O) groups is 2. The number of nitrogens with zero attached hydrogens (tertiary/aromatic N) is 3. The summed E-state index contributed by atoms with van der Waals surface area (Å²) in [5, 5.41) is 9.32. The number of imidazole rings is 1. The van der Waals surface area contributed by atoms with Gasteiger partial charge >= 0.3 is 5.97 Å². The molecule has 0 aliphatic carbocycles. The second-order valence-corrected chi connectivity index (χ2v) is 6.04. The van der Waals surface area contributed by atoms with Crippen molar-refractivity contribution in [2.45, 2.75) is 26.7 Å². The first-order valence-electron chi connectivity index (χ1n) is 6.83. The van der Waals surface area contributed by atoms with Gasteiger partial charge in [-0.15, -0.1) is 0 Å². The molecule has 0 saturated carbocycles. The van der Waals surface area contributed by atoms with Crippen LogP contribution in [0, 0.1) is 11.3 Å². The van der Waals surface area contributed by atoms with Crippen molar-refractivity contribution in [2.75, 3.05) is 13.1 Å². The first-order chi connectivity index (χ1) is 9.32. The average molecular weight is 279 g/mol. The Morgan fingerprint density at radius 3 is 2.70 bits per heavy atom. The third-order valence-corrected chi connectivity index (χ3v) is 4.20. The molecule has 2 rings (SSSR count). The number of hydrogen-bond acceptors (Lipinski definition) is 3. The van der Waals surface area contributed by atoms with Gasteiger partial charge in [-0.3, -0.25) is 9.59 Å². The Labute approximate surface area is 118 Å². The van der Waals surface area contributed by atoms with E-state index in [-0.39, 0.29) is 11.8 Å². The van der Waals surface area contributed by atoms with Crippen molar-refractivity contribution >= 4 is 11.9 Å². The molecule has 1 aliphatic rings. The molecular weight excluding hydrogens is 258 g/mol. The number of rotatable bonds is 3. The van der Waals surface area contributed by atoms with Gasteiger partial charge in [0.05, 0.1) is 11.7 Å². The molecule has 1 atom stereocenters. The molecule has 1 saturated heterocycles. The van der Waals surface area contributed by atoms with Crippen LogP contribution in [0.1, 0.15) is 37.2 Å². The smallest absolute Gasteiger partial charge is 0.309 e. The summed E-state index contributed by atoms with van der Waals surface area (Å²) in [6.45, 7) is 4.61. The van der Waals surface area contributed by atoms with Gasteiger partial charge in [0, 0.05) is 26.3 Å². The maximum Gasteiger partial charge on any atom is 0.309 e. The number of aryl methyl sites for hydroxylation is 1. The number of carboxylic acids is 1. The zero-order valence-corrected chi connectivity index (χ0v) is 12.2. The van der Waals surface area contributed by atoms with Gasteiger partial charge in [0.2, 0.25) is 0 Å². The number of piperidine rings is 1. The van der Waals surface area contributed by atoms with Crippen LogP contribution in [0.3, 0.4) is 0 Å². The summed E-state index contributed by atoms with van der Waals surface area (Å²) in [5.41, 5.74) is -0.399. The lowest BCUT2D eigenvalue weighted by atomic mass is 9.74. The van der Waals surface area contributed by atoms with E-state index >= 15 is 0 Å². The standard InChI is InChI=1S/C14H21N3O3/c1-14(2,13(19)20)10-5-4-6-17(7-10)12(18)11-8-16(3)9-15-11/h8-10H,4-7H2,1-3H3,(H,19,20). The second kappa shape index (κ2) is 5.26. The van der Waals surface area contributed by atoms with Crippen molar-refractivity contribution in [3.63, 3.8) is 0 Å². The molecule has 6 nitrogen and oxygen atoms in total. The van der Waals surface area contributed by atoms with E-state index in [9.17, 15) is 14.7 Å². The van der Waals surface area contributed by atoms with Gasteiger partial charge < -0.3 is 14.6 Å². The highest BCUT2D eigenvalue weighted by Gasteiger charge is 2.40. The molecule has 6 heteroatoms. The monoisotopic (exact) mass is 279 g/mol. The Kier molecular flexibility index (Phi) is 3.83. The van der Waals surface area contributed by atoms with E-state index in [0.29, 0.717) is 18.8 Å². The van der Waals surface area contributed by atoms with E-state index < -0.39 is 11.4 Å². The fraction of sp³-hybridized carbons (Fsp3) is 0.643. The summed E-state index contributed by atoms with van der Waals surface area (Å²) in [5.74, 6) is -0.951. The lowest BCUT2D eigenvalue weighted by Gasteiger charge is -2.39. The van der Waals surface area contributed by atoms with Gasteiger partial charge in [-0.25, -0.2) is 4.98 Å². The fourth-order valence-electron chi connectivity index (χ4n) is 2.61. The fourth-order valence-corrected chi connectivity index (χ4v) is 2.61. The SMILES string of the molecule is Cn1cnc(C(=O)N2CCCC(C(C)(C)C(=O)O)C2)c1. The van der Waals surface area contributed by atoms with Gasteiger partial charge in [-0.2, -0.15) is 0 Å². The number of amides is 1. The molecule has 0 aromatic carbocycles. The number of carboxylic acid groups (broad SMARTS) is 1. The van der Waals surface area contributed by atoms with Crippen LogP contribution in [0.15, 0.2) is 12.5 Å². The Bertz CT molecular complexity index is 521. The summed E-state index contributed by atoms with van der Waals surface area (Å²) in [7, 11) is 1.82. The molecule has 20 heavy (non-hydrogen) atoms. The molecule has 110 valence electrons. The van der Waals surface area contributed by atoms with Crippen molar-refractivity contribution < 1.29 is 14.7 Å². The molecule has 1 amide bonds. The summed E-state index contributed by atoms with van der Waals surface area (Å²) < 4.78 is 1.73. The van der Waals surface area contributed by atoms with E-state index in [1.807, 2.05) is 7.05 Å². The van der Waals surface area contributed by atoms with Crippen molar-refractivity contribution in [1.29, 1.82) is 0 Å². The van der Waals surface area contributed by atoms with E-state index in [4.69, 9.17) is 0 Å². The topological polar surface area (TPSA) is 75.4 Å². The number of carbonyl (C=O) groups excluding carboxylic acids is 1. The molecule has 1 aromatic rings. The van der Waals surface area contributed by atoms with Gasteiger partial charge in [0.1, 0.15) is 5.69 Å². The lowest BCUT2D eigenvalue weighted by molar-refractivity contribution is -0.151. The van der Waals surface area contributed by atoms with Crippen molar-refractivity contribution in [1.82, 2.24) is 14.5 Å². The van der Waals surface area contributed by atoms with Crippen LogP contribution in [0.2, 0.25) is 0 Å². The number of aromatic nitrogens is 2. The Morgan fingerprint density at radius 1 is 1.45 bits per heavy atom. The van der Waals surface area contributed by atoms with Crippen LogP contribution < -0.4 is 0 Å². The highest BCUT2D eigenvalue weighted by Crippen LogP contribution is 2.34. The molecule has 1 unspecified atom stereocenters. The number of likely N-dealkylation sites (tertiary alicyclic amines) is 1. The van der Waals surface area contributed by atoms with Gasteiger partial charge in [0.15, 0.2) is 0 Å². The Morgan fingerprint density at radius 2 is 2.15 bits per heavy atom. The minimum Gasteiger partial charge on any atom is -0.481 e. The van der Waals surface area contributed by atoms with E-state index in [1.54, 1.807) is 35.8 Å². The third-order valence-electron chi connectivity index (χ3n) is 4.20. The normalized spacial score (nSPS) is 19.9. The summed E-state index contributed by atoms with van der Waals surface area (Å²) in [6, 6.07) is 0. The van der Waals surface area contributed by atoms with Crippen LogP contribution in [0.25, 0.3) is 0 Å². The molecule has 1 N–H and O–H groups in total. The molecule has 1 aliphatic heterocycles.